The number of halogens is 1. The monoisotopic (exact) mass is 506 g/mol. The first kappa shape index (κ1) is 18.5. The van der Waals surface area contributed by atoms with E-state index in [1.165, 1.54) is 32.2 Å². The zero-order valence-corrected chi connectivity index (χ0v) is 18.9. The van der Waals surface area contributed by atoms with Gasteiger partial charge in [-0.1, -0.05) is 35.4 Å². The Balaban J connectivity index is 1.31. The average molecular weight is 506 g/mol. The van der Waals surface area contributed by atoms with Gasteiger partial charge in [0.1, 0.15) is 5.82 Å². The molecule has 1 saturated heterocycles. The summed E-state index contributed by atoms with van der Waals surface area (Å²) in [6, 6.07) is 2.66. The Morgan fingerprint density at radius 1 is 1.31 bits per heavy atom. The van der Waals surface area contributed by atoms with Gasteiger partial charge >= 0.3 is 0 Å². The van der Waals surface area contributed by atoms with Gasteiger partial charge in [-0.05, 0) is 44.7 Å². The van der Waals surface area contributed by atoms with E-state index in [4.69, 9.17) is 4.74 Å². The van der Waals surface area contributed by atoms with Gasteiger partial charge in [-0.25, -0.2) is 4.98 Å². The molecule has 1 unspecified atom stereocenters. The Hall–Kier alpha value is -1.26. The third-order valence-corrected chi connectivity index (χ3v) is 8.57. The molecule has 3 atom stereocenters. The highest BCUT2D eigenvalue weighted by Gasteiger charge is 2.47. The number of aromatic amines is 1. The second-order valence-electron chi connectivity index (χ2n) is 9.38. The standard InChI is InChI=1S/C21H27IN6O/c1-21(11-29-12-21)27(7-5-13-2-3-13)14-8-15(16(22)9-14)20-26-25-18-10-24-19-17(28(18)20)4-6-23-19/h4,6,10,13-16,23H,2-3,5,7-9,11-12H2,1H3/t14-,15?,16-/m1/s1. The Kier molecular flexibility index (Phi) is 4.39. The van der Waals surface area contributed by atoms with Crippen LogP contribution in [-0.2, 0) is 4.74 Å². The highest BCUT2D eigenvalue weighted by Crippen LogP contribution is 2.45. The average Bonchev–Trinajstić information content (AvgIpc) is 3.07. The topological polar surface area (TPSA) is 71.3 Å². The second kappa shape index (κ2) is 6.88. The minimum atomic E-state index is 0.204. The van der Waals surface area contributed by atoms with E-state index < -0.39 is 0 Å². The smallest absolute Gasteiger partial charge is 0.179 e. The molecule has 3 aromatic heterocycles. The quantitative estimate of drug-likeness (QED) is 0.409. The van der Waals surface area contributed by atoms with Crippen LogP contribution in [0.1, 0.15) is 50.8 Å². The van der Waals surface area contributed by atoms with Crippen LogP contribution in [0, 0.1) is 5.92 Å². The van der Waals surface area contributed by atoms with Gasteiger partial charge in [0.05, 0.1) is 30.5 Å². The van der Waals surface area contributed by atoms with Crippen molar-refractivity contribution in [1.29, 1.82) is 0 Å². The fourth-order valence-electron chi connectivity index (χ4n) is 5.31. The Labute approximate surface area is 183 Å². The molecular formula is C21H27IN6O. The van der Waals surface area contributed by atoms with Crippen molar-refractivity contribution in [1.82, 2.24) is 29.5 Å². The first-order chi connectivity index (χ1) is 14.1. The molecule has 8 heteroatoms. The molecule has 6 rings (SSSR count). The van der Waals surface area contributed by atoms with Crippen LogP contribution in [0.25, 0.3) is 16.8 Å². The largest absolute Gasteiger partial charge is 0.377 e. The Morgan fingerprint density at radius 3 is 2.93 bits per heavy atom. The lowest BCUT2D eigenvalue weighted by Crippen LogP contribution is -2.63. The summed E-state index contributed by atoms with van der Waals surface area (Å²) in [7, 11) is 0. The van der Waals surface area contributed by atoms with Gasteiger partial charge in [-0.15, -0.1) is 10.2 Å². The summed E-state index contributed by atoms with van der Waals surface area (Å²) in [4.78, 5) is 10.5. The van der Waals surface area contributed by atoms with Gasteiger partial charge in [-0.3, -0.25) is 9.30 Å². The zero-order chi connectivity index (χ0) is 19.6. The van der Waals surface area contributed by atoms with E-state index >= 15 is 0 Å². The summed E-state index contributed by atoms with van der Waals surface area (Å²) in [5.41, 5.74) is 3.00. The molecular weight excluding hydrogens is 479 g/mol. The summed E-state index contributed by atoms with van der Waals surface area (Å²) in [6.07, 6.45) is 10.3. The SMILES string of the molecule is CC1(N(CCC2CC2)[C@@H]2CC(c3nnc4cnc5[nH]ccc5n34)[C@H](I)C2)COC1. The molecule has 7 nitrogen and oxygen atoms in total. The lowest BCUT2D eigenvalue weighted by atomic mass is 9.93. The number of H-pyrrole nitrogens is 1. The van der Waals surface area contributed by atoms with Crippen molar-refractivity contribution in [3.63, 3.8) is 0 Å². The maximum Gasteiger partial charge on any atom is 0.179 e. The number of nitrogens with zero attached hydrogens (tertiary/aromatic N) is 5. The molecule has 3 aliphatic rings. The molecule has 29 heavy (non-hydrogen) atoms. The number of ether oxygens (including phenoxy) is 1. The summed E-state index contributed by atoms with van der Waals surface area (Å²) >= 11 is 2.65. The highest BCUT2D eigenvalue weighted by atomic mass is 127. The first-order valence-corrected chi connectivity index (χ1v) is 12.0. The zero-order valence-electron chi connectivity index (χ0n) is 16.7. The van der Waals surface area contributed by atoms with E-state index in [1.54, 1.807) is 0 Å². The van der Waals surface area contributed by atoms with Crippen molar-refractivity contribution in [2.75, 3.05) is 19.8 Å². The van der Waals surface area contributed by atoms with Crippen molar-refractivity contribution < 1.29 is 4.74 Å². The fraction of sp³-hybridized carbons (Fsp3) is 0.667. The minimum Gasteiger partial charge on any atom is -0.377 e. The van der Waals surface area contributed by atoms with Gasteiger partial charge in [0.25, 0.3) is 0 Å². The molecule has 1 N–H and O–H groups in total. The van der Waals surface area contributed by atoms with Crippen LogP contribution in [0.15, 0.2) is 18.5 Å². The molecule has 3 fully saturated rings. The van der Waals surface area contributed by atoms with Crippen LogP contribution in [0.3, 0.4) is 0 Å². The van der Waals surface area contributed by atoms with Crippen LogP contribution >= 0.6 is 22.6 Å². The maximum absolute atomic E-state index is 5.64. The normalized spacial score (nSPS) is 29.1. The summed E-state index contributed by atoms with van der Waals surface area (Å²) < 4.78 is 8.41. The third kappa shape index (κ3) is 3.09. The summed E-state index contributed by atoms with van der Waals surface area (Å²) in [5.74, 6) is 2.46. The van der Waals surface area contributed by atoms with Crippen LogP contribution in [0.4, 0.5) is 0 Å². The van der Waals surface area contributed by atoms with Crippen LogP contribution in [-0.4, -0.2) is 64.7 Å². The Morgan fingerprint density at radius 2 is 2.17 bits per heavy atom. The number of hydrogen-bond acceptors (Lipinski definition) is 5. The lowest BCUT2D eigenvalue weighted by molar-refractivity contribution is -0.144. The van der Waals surface area contributed by atoms with Crippen LogP contribution in [0.5, 0.6) is 0 Å². The molecule has 4 heterocycles. The van der Waals surface area contributed by atoms with E-state index in [2.05, 4.69) is 65.0 Å². The highest BCUT2D eigenvalue weighted by molar-refractivity contribution is 14.1. The summed E-state index contributed by atoms with van der Waals surface area (Å²) in [6.45, 7) is 5.33. The van der Waals surface area contributed by atoms with Crippen molar-refractivity contribution in [3.05, 3.63) is 24.3 Å². The maximum atomic E-state index is 5.64. The Bertz CT molecular complexity index is 1040. The molecule has 0 radical (unpaired) electrons. The molecule has 2 aliphatic carbocycles. The molecule has 1 aliphatic heterocycles. The van der Waals surface area contributed by atoms with Gasteiger partial charge < -0.3 is 9.72 Å². The fourth-order valence-corrected chi connectivity index (χ4v) is 6.51. The van der Waals surface area contributed by atoms with Gasteiger partial charge in [0.15, 0.2) is 11.3 Å². The van der Waals surface area contributed by atoms with Gasteiger partial charge in [-0.2, -0.15) is 0 Å². The number of aromatic nitrogens is 5. The molecule has 0 amide bonds. The van der Waals surface area contributed by atoms with E-state index in [-0.39, 0.29) is 5.54 Å². The minimum absolute atomic E-state index is 0.204. The number of nitrogens with one attached hydrogen (secondary N) is 1. The number of rotatable bonds is 6. The van der Waals surface area contributed by atoms with E-state index in [1.807, 2.05) is 12.4 Å². The number of alkyl halides is 1. The lowest BCUT2D eigenvalue weighted by Gasteiger charge is -2.50. The first-order valence-electron chi connectivity index (χ1n) is 10.8. The van der Waals surface area contributed by atoms with Gasteiger partial charge in [0.2, 0.25) is 0 Å². The molecule has 0 spiro atoms. The summed E-state index contributed by atoms with van der Waals surface area (Å²) in [5, 5.41) is 9.08. The predicted molar refractivity (Wildman–Crippen MR) is 119 cm³/mol. The van der Waals surface area contributed by atoms with Crippen molar-refractivity contribution >= 4 is 39.4 Å². The molecule has 0 bridgehead atoms. The van der Waals surface area contributed by atoms with Crippen molar-refractivity contribution in [2.24, 2.45) is 5.92 Å². The third-order valence-electron chi connectivity index (χ3n) is 7.19. The van der Waals surface area contributed by atoms with E-state index in [0.29, 0.717) is 15.9 Å². The number of hydrogen-bond donors (Lipinski definition) is 1. The van der Waals surface area contributed by atoms with Crippen molar-refractivity contribution in [3.8, 4) is 0 Å². The van der Waals surface area contributed by atoms with Crippen LogP contribution < -0.4 is 0 Å². The second-order valence-corrected chi connectivity index (χ2v) is 11.0. The predicted octanol–water partition coefficient (Wildman–Crippen LogP) is 3.55. The number of fused-ring (bicyclic) bond motifs is 3. The molecule has 2 saturated carbocycles. The molecule has 0 aromatic carbocycles. The molecule has 3 aromatic rings. The van der Waals surface area contributed by atoms with Crippen LogP contribution in [0.2, 0.25) is 0 Å². The van der Waals surface area contributed by atoms with E-state index in [9.17, 15) is 0 Å². The van der Waals surface area contributed by atoms with Gasteiger partial charge in [0, 0.05) is 22.1 Å². The van der Waals surface area contributed by atoms with Crippen molar-refractivity contribution in [2.45, 2.75) is 60.5 Å². The van der Waals surface area contributed by atoms with E-state index in [0.717, 1.165) is 48.2 Å². The molecule has 154 valence electrons.